The van der Waals surface area contributed by atoms with Crippen LogP contribution in [0, 0.1) is 0 Å². The largest absolute Gasteiger partial charge is 0.490 e. The van der Waals surface area contributed by atoms with Crippen LogP contribution < -0.4 is 4.74 Å². The Kier molecular flexibility index (Phi) is 2.76. The molecule has 0 amide bonds. The number of Topliss-reactive ketones (excluding diaryl/α,β-unsaturated/α-hetero) is 1. The minimum Gasteiger partial charge on any atom is -0.490 e. The Morgan fingerprint density at radius 3 is 2.94 bits per heavy atom. The number of halogens is 2. The Morgan fingerprint density at radius 1 is 1.39 bits per heavy atom. The molecule has 0 N–H and O–H groups in total. The van der Waals surface area contributed by atoms with Crippen LogP contribution in [0.25, 0.3) is 0 Å². The zero-order chi connectivity index (χ0) is 12.7. The number of hydrogen-bond donors (Lipinski definition) is 0. The van der Waals surface area contributed by atoms with Gasteiger partial charge < -0.3 is 9.30 Å². The summed E-state index contributed by atoms with van der Waals surface area (Å²) in [7, 11) is 0. The number of ether oxygens (including phenoxy) is 1. The van der Waals surface area contributed by atoms with E-state index >= 15 is 0 Å². The van der Waals surface area contributed by atoms with Crippen molar-refractivity contribution in [3.05, 3.63) is 46.5 Å². The van der Waals surface area contributed by atoms with Gasteiger partial charge in [0.15, 0.2) is 5.78 Å². The fourth-order valence-corrected chi connectivity index (χ4v) is 2.56. The highest BCUT2D eigenvalue weighted by molar-refractivity contribution is 6.37. The summed E-state index contributed by atoms with van der Waals surface area (Å²) in [4.78, 5) is 16.3. The minimum atomic E-state index is -0.432. The van der Waals surface area contributed by atoms with Gasteiger partial charge in [0.1, 0.15) is 18.4 Å². The van der Waals surface area contributed by atoms with Crippen molar-refractivity contribution >= 4 is 29.0 Å². The van der Waals surface area contributed by atoms with Gasteiger partial charge in [-0.05, 0) is 12.1 Å². The Morgan fingerprint density at radius 2 is 2.22 bits per heavy atom. The standard InChI is InChI=1S/C12H8Cl2N2O2/c13-7-3-8(14)11-10(4-7)18-5-9(12(11)17)16-2-1-15-6-16/h1-4,6,9H,5H2. The molecular formula is C12H8Cl2N2O2. The van der Waals surface area contributed by atoms with Crippen LogP contribution in [0.5, 0.6) is 5.75 Å². The lowest BCUT2D eigenvalue weighted by atomic mass is 10.0. The molecule has 2 heterocycles. The normalized spacial score (nSPS) is 18.3. The smallest absolute Gasteiger partial charge is 0.194 e. The molecule has 0 fully saturated rings. The number of carbonyl (C=O) groups is 1. The third kappa shape index (κ3) is 1.78. The molecule has 1 aliphatic rings. The summed E-state index contributed by atoms with van der Waals surface area (Å²) in [6.07, 6.45) is 4.92. The molecule has 4 nitrogen and oxygen atoms in total. The highest BCUT2D eigenvalue weighted by Crippen LogP contribution is 2.37. The molecule has 1 aliphatic heterocycles. The van der Waals surface area contributed by atoms with Crippen molar-refractivity contribution in [2.75, 3.05) is 6.61 Å². The summed E-state index contributed by atoms with van der Waals surface area (Å²) >= 11 is 11.9. The van der Waals surface area contributed by atoms with E-state index in [1.807, 2.05) is 0 Å². The van der Waals surface area contributed by atoms with Gasteiger partial charge in [-0.2, -0.15) is 0 Å². The van der Waals surface area contributed by atoms with Crippen LogP contribution in [-0.4, -0.2) is 21.9 Å². The second-order valence-electron chi connectivity index (χ2n) is 3.96. The van der Waals surface area contributed by atoms with E-state index in [1.165, 1.54) is 0 Å². The number of fused-ring (bicyclic) bond motifs is 1. The number of imidazole rings is 1. The predicted molar refractivity (Wildman–Crippen MR) is 67.6 cm³/mol. The molecule has 0 radical (unpaired) electrons. The number of rotatable bonds is 1. The highest BCUT2D eigenvalue weighted by atomic mass is 35.5. The monoisotopic (exact) mass is 282 g/mol. The quantitative estimate of drug-likeness (QED) is 0.808. The number of aromatic nitrogens is 2. The van der Waals surface area contributed by atoms with E-state index in [0.29, 0.717) is 21.4 Å². The van der Waals surface area contributed by atoms with Gasteiger partial charge in [0.25, 0.3) is 0 Å². The van der Waals surface area contributed by atoms with Crippen LogP contribution in [0.4, 0.5) is 0 Å². The molecule has 0 saturated heterocycles. The number of benzene rings is 1. The van der Waals surface area contributed by atoms with E-state index < -0.39 is 6.04 Å². The molecule has 0 bridgehead atoms. The second-order valence-corrected chi connectivity index (χ2v) is 4.81. The average Bonchev–Trinajstić information content (AvgIpc) is 2.81. The summed E-state index contributed by atoms with van der Waals surface area (Å²) in [5, 5.41) is 0.764. The molecule has 1 atom stereocenters. The van der Waals surface area contributed by atoms with E-state index in [9.17, 15) is 4.79 Å². The molecule has 18 heavy (non-hydrogen) atoms. The first-order valence-electron chi connectivity index (χ1n) is 5.30. The Bertz CT molecular complexity index is 611. The predicted octanol–water partition coefficient (Wildman–Crippen LogP) is 3.01. The topological polar surface area (TPSA) is 44.1 Å². The zero-order valence-corrected chi connectivity index (χ0v) is 10.6. The van der Waals surface area contributed by atoms with Gasteiger partial charge in [0.2, 0.25) is 0 Å². The van der Waals surface area contributed by atoms with Crippen LogP contribution in [0.15, 0.2) is 30.9 Å². The first-order valence-corrected chi connectivity index (χ1v) is 6.06. The van der Waals surface area contributed by atoms with E-state index in [-0.39, 0.29) is 12.4 Å². The third-order valence-electron chi connectivity index (χ3n) is 2.85. The number of carbonyl (C=O) groups excluding carboxylic acids is 1. The first kappa shape index (κ1) is 11.6. The Labute approximate surface area is 113 Å². The summed E-state index contributed by atoms with van der Waals surface area (Å²) in [5.74, 6) is 0.352. The molecular weight excluding hydrogens is 275 g/mol. The first-order chi connectivity index (χ1) is 8.66. The van der Waals surface area contributed by atoms with Crippen molar-refractivity contribution < 1.29 is 9.53 Å². The lowest BCUT2D eigenvalue weighted by Gasteiger charge is -2.25. The van der Waals surface area contributed by atoms with Gasteiger partial charge >= 0.3 is 0 Å². The summed E-state index contributed by atoms with van der Waals surface area (Å²) in [5.41, 5.74) is 0.381. The van der Waals surface area contributed by atoms with Crippen molar-refractivity contribution in [3.63, 3.8) is 0 Å². The molecule has 0 spiro atoms. The summed E-state index contributed by atoms with van der Waals surface area (Å²) < 4.78 is 7.26. The Hall–Kier alpha value is -1.52. The van der Waals surface area contributed by atoms with Crippen LogP contribution in [0.2, 0.25) is 10.0 Å². The maximum atomic E-state index is 12.4. The van der Waals surface area contributed by atoms with Crippen LogP contribution in [0.1, 0.15) is 16.4 Å². The maximum absolute atomic E-state index is 12.4. The van der Waals surface area contributed by atoms with Crippen LogP contribution in [0.3, 0.4) is 0 Å². The van der Waals surface area contributed by atoms with E-state index in [4.69, 9.17) is 27.9 Å². The highest BCUT2D eigenvalue weighted by Gasteiger charge is 2.32. The van der Waals surface area contributed by atoms with Crippen molar-refractivity contribution in [3.8, 4) is 5.75 Å². The third-order valence-corrected chi connectivity index (χ3v) is 3.37. The van der Waals surface area contributed by atoms with Gasteiger partial charge in [0.05, 0.1) is 16.9 Å². The molecule has 1 unspecified atom stereocenters. The van der Waals surface area contributed by atoms with Crippen LogP contribution >= 0.6 is 23.2 Å². The number of nitrogens with zero attached hydrogens (tertiary/aromatic N) is 2. The molecule has 1 aromatic heterocycles. The molecule has 1 aromatic carbocycles. The average molecular weight is 283 g/mol. The molecule has 92 valence electrons. The minimum absolute atomic E-state index is 0.0871. The number of ketones is 1. The fourth-order valence-electron chi connectivity index (χ4n) is 1.99. The summed E-state index contributed by atoms with van der Waals surface area (Å²) in [6, 6.07) is 2.71. The summed E-state index contributed by atoms with van der Waals surface area (Å²) in [6.45, 7) is 0.249. The van der Waals surface area contributed by atoms with Gasteiger partial charge in [-0.15, -0.1) is 0 Å². The molecule has 0 aliphatic carbocycles. The van der Waals surface area contributed by atoms with Gasteiger partial charge in [-0.3, -0.25) is 4.79 Å². The van der Waals surface area contributed by atoms with E-state index in [2.05, 4.69) is 4.98 Å². The Balaban J connectivity index is 2.07. The fraction of sp³-hybridized carbons (Fsp3) is 0.167. The van der Waals surface area contributed by atoms with Crippen molar-refractivity contribution in [2.45, 2.75) is 6.04 Å². The lowest BCUT2D eigenvalue weighted by molar-refractivity contribution is 0.0841. The lowest BCUT2D eigenvalue weighted by Crippen LogP contribution is -2.30. The molecule has 6 heteroatoms. The SMILES string of the molecule is O=C1c2c(Cl)cc(Cl)cc2OCC1n1ccnc1. The number of hydrogen-bond acceptors (Lipinski definition) is 3. The molecule has 3 rings (SSSR count). The molecule has 0 saturated carbocycles. The molecule has 2 aromatic rings. The van der Waals surface area contributed by atoms with Gasteiger partial charge in [0, 0.05) is 17.4 Å². The maximum Gasteiger partial charge on any atom is 0.194 e. The van der Waals surface area contributed by atoms with Crippen molar-refractivity contribution in [2.24, 2.45) is 0 Å². The van der Waals surface area contributed by atoms with Crippen molar-refractivity contribution in [1.29, 1.82) is 0 Å². The second kappa shape index (κ2) is 4.30. The van der Waals surface area contributed by atoms with Crippen molar-refractivity contribution in [1.82, 2.24) is 9.55 Å². The van der Waals surface area contributed by atoms with Gasteiger partial charge in [-0.1, -0.05) is 23.2 Å². The van der Waals surface area contributed by atoms with Crippen LogP contribution in [-0.2, 0) is 0 Å². The van der Waals surface area contributed by atoms with E-state index in [1.54, 1.807) is 35.4 Å². The van der Waals surface area contributed by atoms with E-state index in [0.717, 1.165) is 0 Å². The van der Waals surface area contributed by atoms with Gasteiger partial charge in [-0.25, -0.2) is 4.98 Å². The zero-order valence-electron chi connectivity index (χ0n) is 9.14.